The molecule has 1 aliphatic rings. The molecular weight excluding hydrogens is 311 g/mol. The van der Waals surface area contributed by atoms with Gasteiger partial charge in [-0.1, -0.05) is 29.3 Å². The van der Waals surface area contributed by atoms with Gasteiger partial charge in [-0.2, -0.15) is 0 Å². The van der Waals surface area contributed by atoms with Crippen molar-refractivity contribution in [3.63, 3.8) is 0 Å². The fourth-order valence-corrected chi connectivity index (χ4v) is 2.64. The highest BCUT2D eigenvalue weighted by atomic mass is 35.5. The normalized spacial score (nSPS) is 19.9. The predicted molar refractivity (Wildman–Crippen MR) is 85.2 cm³/mol. The first kappa shape index (κ1) is 16.4. The highest BCUT2D eigenvalue weighted by Gasteiger charge is 2.19. The molecule has 6 heteroatoms. The highest BCUT2D eigenvalue weighted by molar-refractivity contribution is 6.42. The summed E-state index contributed by atoms with van der Waals surface area (Å²) in [5.74, 6) is 0.771. The number of nitrogens with one attached hydrogen (secondary N) is 2. The molecule has 1 amide bonds. The smallest absolute Gasteiger partial charge is 0.260 e. The summed E-state index contributed by atoms with van der Waals surface area (Å²) in [6.45, 7) is 4.39. The summed E-state index contributed by atoms with van der Waals surface area (Å²) >= 11 is 12.0. The molecule has 2 rings (SSSR count). The number of benzene rings is 1. The Bertz CT molecular complexity index is 491. The molecule has 2 N–H and O–H groups in total. The van der Waals surface area contributed by atoms with Crippen LogP contribution in [0.4, 0.5) is 0 Å². The van der Waals surface area contributed by atoms with Crippen molar-refractivity contribution in [3.05, 3.63) is 28.2 Å². The Hall–Kier alpha value is -0.970. The average molecular weight is 331 g/mol. The molecule has 0 spiro atoms. The van der Waals surface area contributed by atoms with Crippen molar-refractivity contribution in [1.82, 2.24) is 10.6 Å². The molecule has 0 bridgehead atoms. The predicted octanol–water partition coefficient (Wildman–Crippen LogP) is 2.88. The Balaban J connectivity index is 1.83. The van der Waals surface area contributed by atoms with Crippen molar-refractivity contribution >= 4 is 29.1 Å². The maximum Gasteiger partial charge on any atom is 0.260 e. The zero-order valence-electron chi connectivity index (χ0n) is 12.0. The van der Waals surface area contributed by atoms with Gasteiger partial charge in [-0.3, -0.25) is 4.79 Å². The first-order valence-corrected chi connectivity index (χ1v) is 7.92. The number of carbonyl (C=O) groups is 1. The lowest BCUT2D eigenvalue weighted by Gasteiger charge is -2.24. The number of hydrogen-bond acceptors (Lipinski definition) is 3. The first-order valence-electron chi connectivity index (χ1n) is 7.17. The van der Waals surface area contributed by atoms with Gasteiger partial charge in [0.15, 0.2) is 6.10 Å². The van der Waals surface area contributed by atoms with E-state index in [9.17, 15) is 4.79 Å². The Morgan fingerprint density at radius 1 is 1.52 bits per heavy atom. The Kier molecular flexibility index (Phi) is 6.15. The first-order chi connectivity index (χ1) is 10.1. The van der Waals surface area contributed by atoms with Crippen molar-refractivity contribution < 1.29 is 9.53 Å². The standard InChI is InChI=1S/C15H20Cl2N2O2/c1-10(21-13-6-2-5-12(16)14(13)17)15(20)19-9-11-4-3-7-18-8-11/h2,5-6,10-11,18H,3-4,7-9H2,1H3,(H,19,20). The number of piperidine rings is 1. The van der Waals surface area contributed by atoms with E-state index in [1.807, 2.05) is 0 Å². The van der Waals surface area contributed by atoms with E-state index in [0.29, 0.717) is 28.3 Å². The summed E-state index contributed by atoms with van der Waals surface area (Å²) < 4.78 is 5.58. The minimum atomic E-state index is -0.613. The molecule has 0 saturated carbocycles. The lowest BCUT2D eigenvalue weighted by atomic mass is 10.00. The summed E-state index contributed by atoms with van der Waals surface area (Å²) in [4.78, 5) is 12.1. The van der Waals surface area contributed by atoms with Crippen molar-refractivity contribution in [2.75, 3.05) is 19.6 Å². The van der Waals surface area contributed by atoms with Gasteiger partial charge in [-0.25, -0.2) is 0 Å². The molecule has 2 unspecified atom stereocenters. The quantitative estimate of drug-likeness (QED) is 0.872. The number of hydrogen-bond donors (Lipinski definition) is 2. The monoisotopic (exact) mass is 330 g/mol. The van der Waals surface area contributed by atoms with E-state index in [-0.39, 0.29) is 5.91 Å². The molecule has 0 radical (unpaired) electrons. The number of amides is 1. The minimum Gasteiger partial charge on any atom is -0.479 e. The zero-order chi connectivity index (χ0) is 15.2. The van der Waals surface area contributed by atoms with Gasteiger partial charge in [-0.15, -0.1) is 0 Å². The second-order valence-corrected chi connectivity index (χ2v) is 6.05. The molecule has 1 aromatic carbocycles. The molecule has 1 fully saturated rings. The molecule has 1 aromatic rings. The molecule has 0 aliphatic carbocycles. The van der Waals surface area contributed by atoms with E-state index in [4.69, 9.17) is 27.9 Å². The molecule has 4 nitrogen and oxygen atoms in total. The second-order valence-electron chi connectivity index (χ2n) is 5.27. The van der Waals surface area contributed by atoms with Gasteiger partial charge < -0.3 is 15.4 Å². The topological polar surface area (TPSA) is 50.4 Å². The van der Waals surface area contributed by atoms with E-state index >= 15 is 0 Å². The van der Waals surface area contributed by atoms with Crippen molar-refractivity contribution in [1.29, 1.82) is 0 Å². The van der Waals surface area contributed by atoms with Crippen LogP contribution in [-0.4, -0.2) is 31.6 Å². The van der Waals surface area contributed by atoms with Gasteiger partial charge in [0.05, 0.1) is 5.02 Å². The lowest BCUT2D eigenvalue weighted by Crippen LogP contribution is -2.42. The minimum absolute atomic E-state index is 0.142. The fraction of sp³-hybridized carbons (Fsp3) is 0.533. The summed E-state index contributed by atoms with van der Waals surface area (Å²) in [6.07, 6.45) is 1.69. The fourth-order valence-electron chi connectivity index (χ4n) is 2.31. The van der Waals surface area contributed by atoms with Crippen LogP contribution < -0.4 is 15.4 Å². The van der Waals surface area contributed by atoms with E-state index in [1.165, 1.54) is 0 Å². The highest BCUT2D eigenvalue weighted by Crippen LogP contribution is 2.32. The SMILES string of the molecule is CC(Oc1cccc(Cl)c1Cl)C(=O)NCC1CCCNC1. The Morgan fingerprint density at radius 3 is 3.05 bits per heavy atom. The third-order valence-electron chi connectivity index (χ3n) is 3.55. The van der Waals surface area contributed by atoms with Gasteiger partial charge in [0.1, 0.15) is 10.8 Å². The summed E-state index contributed by atoms with van der Waals surface area (Å²) in [7, 11) is 0. The number of ether oxygens (including phenoxy) is 1. The van der Waals surface area contributed by atoms with Gasteiger partial charge in [-0.05, 0) is 50.9 Å². The Labute approximate surface area is 135 Å². The van der Waals surface area contributed by atoms with E-state index in [2.05, 4.69) is 10.6 Å². The van der Waals surface area contributed by atoms with Gasteiger partial charge in [0, 0.05) is 6.54 Å². The van der Waals surface area contributed by atoms with Gasteiger partial charge in [0.2, 0.25) is 0 Å². The van der Waals surface area contributed by atoms with Crippen LogP contribution >= 0.6 is 23.2 Å². The van der Waals surface area contributed by atoms with E-state index < -0.39 is 6.10 Å². The van der Waals surface area contributed by atoms with Crippen molar-refractivity contribution in [2.45, 2.75) is 25.9 Å². The number of halogens is 2. The van der Waals surface area contributed by atoms with Crippen LogP contribution in [0, 0.1) is 5.92 Å². The van der Waals surface area contributed by atoms with E-state index in [0.717, 1.165) is 25.9 Å². The van der Waals surface area contributed by atoms with E-state index in [1.54, 1.807) is 25.1 Å². The molecule has 0 aromatic heterocycles. The molecule has 2 atom stereocenters. The second kappa shape index (κ2) is 7.87. The summed E-state index contributed by atoms with van der Waals surface area (Å²) in [6, 6.07) is 5.11. The summed E-state index contributed by atoms with van der Waals surface area (Å²) in [5, 5.41) is 6.99. The third kappa shape index (κ3) is 4.77. The number of rotatable bonds is 5. The molecular formula is C15H20Cl2N2O2. The maximum atomic E-state index is 12.1. The van der Waals surface area contributed by atoms with Gasteiger partial charge >= 0.3 is 0 Å². The van der Waals surface area contributed by atoms with Crippen LogP contribution in [-0.2, 0) is 4.79 Å². The van der Waals surface area contributed by atoms with Gasteiger partial charge in [0.25, 0.3) is 5.91 Å². The van der Waals surface area contributed by atoms with Crippen molar-refractivity contribution in [2.24, 2.45) is 5.92 Å². The molecule has 1 aliphatic heterocycles. The molecule has 116 valence electrons. The number of carbonyl (C=O) groups excluding carboxylic acids is 1. The molecule has 21 heavy (non-hydrogen) atoms. The maximum absolute atomic E-state index is 12.1. The van der Waals surface area contributed by atoms with Crippen molar-refractivity contribution in [3.8, 4) is 5.75 Å². The van der Waals surface area contributed by atoms with Crippen LogP contribution in [0.5, 0.6) is 5.75 Å². The van der Waals surface area contributed by atoms with Crippen LogP contribution in [0.25, 0.3) is 0 Å². The van der Waals surface area contributed by atoms with Crippen LogP contribution in [0.3, 0.4) is 0 Å². The molecule has 1 saturated heterocycles. The van der Waals surface area contributed by atoms with Crippen LogP contribution in [0.15, 0.2) is 18.2 Å². The zero-order valence-corrected chi connectivity index (χ0v) is 13.5. The largest absolute Gasteiger partial charge is 0.479 e. The molecule has 1 heterocycles. The third-order valence-corrected chi connectivity index (χ3v) is 4.35. The Morgan fingerprint density at radius 2 is 2.33 bits per heavy atom. The lowest BCUT2D eigenvalue weighted by molar-refractivity contribution is -0.127. The van der Waals surface area contributed by atoms with Crippen LogP contribution in [0.2, 0.25) is 10.0 Å². The van der Waals surface area contributed by atoms with Crippen LogP contribution in [0.1, 0.15) is 19.8 Å². The summed E-state index contributed by atoms with van der Waals surface area (Å²) in [5.41, 5.74) is 0. The average Bonchev–Trinajstić information content (AvgIpc) is 2.50.